The number of hydrogen-bond acceptors (Lipinski definition) is 4. The Morgan fingerprint density at radius 1 is 1.12 bits per heavy atom. The predicted octanol–water partition coefficient (Wildman–Crippen LogP) is 2.42. The van der Waals surface area contributed by atoms with E-state index in [-0.39, 0.29) is 0 Å². The maximum absolute atomic E-state index is 9.68. The molecule has 0 aliphatic heterocycles. The minimum Gasteiger partial charge on any atom is -0.495 e. The van der Waals surface area contributed by atoms with Crippen LogP contribution in [0.2, 0.25) is 5.02 Å². The van der Waals surface area contributed by atoms with E-state index in [1.807, 2.05) is 0 Å². The van der Waals surface area contributed by atoms with Crippen LogP contribution in [0.25, 0.3) is 0 Å². The van der Waals surface area contributed by atoms with E-state index in [0.29, 0.717) is 27.8 Å². The van der Waals surface area contributed by atoms with Gasteiger partial charge in [0.1, 0.15) is 5.75 Å². The fourth-order valence-electron chi connectivity index (χ4n) is 1.50. The second-order valence-corrected chi connectivity index (χ2v) is 3.60. The molecule has 0 aliphatic carbocycles. The molecule has 1 rings (SSSR count). The molecule has 0 radical (unpaired) electrons. The van der Waals surface area contributed by atoms with Crippen LogP contribution in [0.1, 0.15) is 18.6 Å². The van der Waals surface area contributed by atoms with Gasteiger partial charge in [0.2, 0.25) is 0 Å². The van der Waals surface area contributed by atoms with Crippen LogP contribution >= 0.6 is 11.6 Å². The molecular weight excluding hydrogens is 232 g/mol. The Labute approximate surface area is 99.7 Å². The van der Waals surface area contributed by atoms with E-state index in [4.69, 9.17) is 25.8 Å². The van der Waals surface area contributed by atoms with Crippen molar-refractivity contribution >= 4 is 11.6 Å². The molecule has 1 aromatic rings. The minimum atomic E-state index is -0.772. The van der Waals surface area contributed by atoms with Gasteiger partial charge in [0.25, 0.3) is 0 Å². The molecule has 0 saturated heterocycles. The molecular formula is C11H15ClO4. The molecule has 0 saturated carbocycles. The lowest BCUT2D eigenvalue weighted by atomic mass is 10.1. The van der Waals surface area contributed by atoms with Crippen molar-refractivity contribution in [3.05, 3.63) is 16.7 Å². The van der Waals surface area contributed by atoms with Crippen LogP contribution in [0.15, 0.2) is 6.07 Å². The molecule has 0 heterocycles. The number of benzene rings is 1. The first-order valence-electron chi connectivity index (χ1n) is 4.73. The van der Waals surface area contributed by atoms with Crippen molar-refractivity contribution < 1.29 is 19.3 Å². The Morgan fingerprint density at radius 3 is 2.06 bits per heavy atom. The van der Waals surface area contributed by atoms with E-state index < -0.39 is 6.10 Å². The summed E-state index contributed by atoms with van der Waals surface area (Å²) in [7, 11) is 4.50. The van der Waals surface area contributed by atoms with Crippen molar-refractivity contribution in [1.82, 2.24) is 0 Å². The van der Waals surface area contributed by atoms with Gasteiger partial charge in [-0.2, -0.15) is 0 Å². The molecule has 90 valence electrons. The summed E-state index contributed by atoms with van der Waals surface area (Å²) in [6.07, 6.45) is -0.772. The van der Waals surface area contributed by atoms with Crippen LogP contribution < -0.4 is 14.2 Å². The number of rotatable bonds is 4. The molecule has 0 spiro atoms. The van der Waals surface area contributed by atoms with Crippen LogP contribution in [0, 0.1) is 0 Å². The van der Waals surface area contributed by atoms with E-state index in [9.17, 15) is 5.11 Å². The van der Waals surface area contributed by atoms with Crippen LogP contribution in [-0.4, -0.2) is 26.4 Å². The van der Waals surface area contributed by atoms with Crippen molar-refractivity contribution in [3.63, 3.8) is 0 Å². The zero-order valence-corrected chi connectivity index (χ0v) is 10.5. The molecule has 4 nitrogen and oxygen atoms in total. The van der Waals surface area contributed by atoms with E-state index in [1.54, 1.807) is 13.0 Å². The minimum absolute atomic E-state index is 0.329. The maximum atomic E-state index is 9.68. The number of halogens is 1. The second-order valence-electron chi connectivity index (χ2n) is 3.22. The Kier molecular flexibility index (Phi) is 4.26. The van der Waals surface area contributed by atoms with E-state index >= 15 is 0 Å². The third-order valence-electron chi connectivity index (χ3n) is 2.25. The Morgan fingerprint density at radius 2 is 1.69 bits per heavy atom. The molecule has 16 heavy (non-hydrogen) atoms. The summed E-state index contributed by atoms with van der Waals surface area (Å²) < 4.78 is 15.4. The van der Waals surface area contributed by atoms with E-state index in [1.165, 1.54) is 21.3 Å². The van der Waals surface area contributed by atoms with Gasteiger partial charge in [-0.3, -0.25) is 0 Å². The van der Waals surface area contributed by atoms with E-state index in [2.05, 4.69) is 0 Å². The molecule has 0 amide bonds. The SMILES string of the molecule is COc1cc(OC)c(OC)c(C(C)O)c1Cl. The Hall–Kier alpha value is -1.13. The summed E-state index contributed by atoms with van der Waals surface area (Å²) in [6.45, 7) is 1.60. The second kappa shape index (κ2) is 5.27. The first kappa shape index (κ1) is 12.9. The molecule has 0 bridgehead atoms. The Balaban J connectivity index is 3.51. The highest BCUT2D eigenvalue weighted by molar-refractivity contribution is 6.33. The highest BCUT2D eigenvalue weighted by atomic mass is 35.5. The fraction of sp³-hybridized carbons (Fsp3) is 0.455. The van der Waals surface area contributed by atoms with Crippen molar-refractivity contribution in [2.75, 3.05) is 21.3 Å². The lowest BCUT2D eigenvalue weighted by Crippen LogP contribution is -2.02. The van der Waals surface area contributed by atoms with Crippen molar-refractivity contribution in [2.24, 2.45) is 0 Å². The Bertz CT molecular complexity index is 377. The molecule has 1 atom stereocenters. The average Bonchev–Trinajstić information content (AvgIpc) is 2.27. The molecule has 1 unspecified atom stereocenters. The molecule has 0 aromatic heterocycles. The van der Waals surface area contributed by atoms with Gasteiger partial charge < -0.3 is 19.3 Å². The predicted molar refractivity (Wildman–Crippen MR) is 61.7 cm³/mol. The first-order valence-corrected chi connectivity index (χ1v) is 5.11. The lowest BCUT2D eigenvalue weighted by Gasteiger charge is -2.18. The van der Waals surface area contributed by atoms with Crippen molar-refractivity contribution in [3.8, 4) is 17.2 Å². The molecule has 0 aliphatic rings. The zero-order chi connectivity index (χ0) is 12.3. The highest BCUT2D eigenvalue weighted by Crippen LogP contribution is 2.45. The third kappa shape index (κ3) is 2.18. The summed E-state index contributed by atoms with van der Waals surface area (Å²) >= 11 is 6.10. The van der Waals surface area contributed by atoms with E-state index in [0.717, 1.165) is 0 Å². The molecule has 1 aromatic carbocycles. The van der Waals surface area contributed by atoms with Gasteiger partial charge in [-0.1, -0.05) is 11.6 Å². The van der Waals surface area contributed by atoms with Crippen molar-refractivity contribution in [1.29, 1.82) is 0 Å². The summed E-state index contributed by atoms with van der Waals surface area (Å²) in [6, 6.07) is 1.62. The first-order chi connectivity index (χ1) is 7.56. The molecule has 0 fully saturated rings. The topological polar surface area (TPSA) is 47.9 Å². The molecule has 1 N–H and O–H groups in total. The number of ether oxygens (including phenoxy) is 3. The number of aliphatic hydroxyl groups is 1. The van der Waals surface area contributed by atoms with Gasteiger partial charge in [0.15, 0.2) is 11.5 Å². The monoisotopic (exact) mass is 246 g/mol. The quantitative estimate of drug-likeness (QED) is 0.886. The number of aliphatic hydroxyl groups excluding tert-OH is 1. The number of methoxy groups -OCH3 is 3. The van der Waals surface area contributed by atoms with Gasteiger partial charge in [-0.25, -0.2) is 0 Å². The van der Waals surface area contributed by atoms with Crippen LogP contribution in [0.4, 0.5) is 0 Å². The summed E-state index contributed by atoms with van der Waals surface area (Å²) in [4.78, 5) is 0. The van der Waals surface area contributed by atoms with Gasteiger partial charge in [0, 0.05) is 11.6 Å². The van der Waals surface area contributed by atoms with Gasteiger partial charge in [-0.05, 0) is 6.92 Å². The fourth-order valence-corrected chi connectivity index (χ4v) is 1.87. The average molecular weight is 247 g/mol. The molecule has 5 heteroatoms. The van der Waals surface area contributed by atoms with Crippen molar-refractivity contribution in [2.45, 2.75) is 13.0 Å². The van der Waals surface area contributed by atoms with Crippen LogP contribution in [0.3, 0.4) is 0 Å². The van der Waals surface area contributed by atoms with Crippen LogP contribution in [-0.2, 0) is 0 Å². The third-order valence-corrected chi connectivity index (χ3v) is 2.63. The summed E-state index contributed by atoms with van der Waals surface area (Å²) in [5.41, 5.74) is 0.459. The van der Waals surface area contributed by atoms with Gasteiger partial charge >= 0.3 is 0 Å². The van der Waals surface area contributed by atoms with Crippen LogP contribution in [0.5, 0.6) is 17.2 Å². The summed E-state index contributed by atoms with van der Waals surface area (Å²) in [5, 5.41) is 10.0. The highest BCUT2D eigenvalue weighted by Gasteiger charge is 2.22. The van der Waals surface area contributed by atoms with Gasteiger partial charge in [0.05, 0.1) is 32.5 Å². The maximum Gasteiger partial charge on any atom is 0.168 e. The van der Waals surface area contributed by atoms with Gasteiger partial charge in [-0.15, -0.1) is 0 Å². The largest absolute Gasteiger partial charge is 0.495 e. The lowest BCUT2D eigenvalue weighted by molar-refractivity contribution is 0.192. The standard InChI is InChI=1S/C11H15ClO4/c1-6(13)9-10(12)7(14-2)5-8(15-3)11(9)16-4/h5-6,13H,1-4H3. The smallest absolute Gasteiger partial charge is 0.168 e. The number of hydrogen-bond donors (Lipinski definition) is 1. The summed E-state index contributed by atoms with van der Waals surface area (Å²) in [5.74, 6) is 1.33. The normalized spacial score (nSPS) is 12.1. The zero-order valence-electron chi connectivity index (χ0n) is 9.70.